The van der Waals surface area contributed by atoms with Gasteiger partial charge in [0.15, 0.2) is 0 Å². The van der Waals surface area contributed by atoms with Gasteiger partial charge in [0.25, 0.3) is 0 Å². The number of rotatable bonds is 4. The minimum Gasteiger partial charge on any atom is -0.390 e. The molecule has 0 aliphatic carbocycles. The van der Waals surface area contributed by atoms with Gasteiger partial charge in [-0.05, 0) is 0 Å². The Balaban J connectivity index is 0. The zero-order chi connectivity index (χ0) is 9.98. The molecule has 0 aromatic heterocycles. The Bertz CT molecular complexity index is 77.2. The molecule has 0 aromatic carbocycles. The molecule has 0 saturated carbocycles. The zero-order valence-electron chi connectivity index (χ0n) is 6.80. The average Bonchev–Trinajstić information content (AvgIpc) is 2.15. The maximum Gasteiger partial charge on any atom is 0.0894 e. The van der Waals surface area contributed by atoms with Crippen molar-refractivity contribution in [2.75, 3.05) is 23.8 Å². The molecule has 0 fully saturated rings. The van der Waals surface area contributed by atoms with Crippen LogP contribution in [-0.4, -0.2) is 46.2 Å². The van der Waals surface area contributed by atoms with E-state index < -0.39 is 12.2 Å². The molecular weight excluding hydrogens is 214 g/mol. The summed E-state index contributed by atoms with van der Waals surface area (Å²) in [5.41, 5.74) is 4.95. The second-order valence-corrected chi connectivity index (χ2v) is 3.19. The van der Waals surface area contributed by atoms with Crippen LogP contribution >= 0.6 is 37.9 Å². The monoisotopic (exact) mass is 231 g/mol. The fourth-order valence-corrected chi connectivity index (χ4v) is 0.730. The Morgan fingerprint density at radius 1 is 1.00 bits per heavy atom. The van der Waals surface area contributed by atoms with Gasteiger partial charge in [0.05, 0.1) is 12.2 Å². The molecule has 0 heterocycles. The highest BCUT2D eigenvalue weighted by atomic mass is 32.1. The number of hydrogen-bond donors (Lipinski definition) is 6. The number of nitrogens with two attached hydrogens (primary N) is 1. The molecule has 2 unspecified atom stereocenters. The van der Waals surface area contributed by atoms with Crippen molar-refractivity contribution >= 4 is 37.9 Å². The molecule has 0 amide bonds. The summed E-state index contributed by atoms with van der Waals surface area (Å²) in [6.07, 6.45) is -1.48. The van der Waals surface area contributed by atoms with Gasteiger partial charge >= 0.3 is 0 Å². The molecule has 4 N–H and O–H groups in total. The van der Waals surface area contributed by atoms with Gasteiger partial charge in [-0.1, -0.05) is 0 Å². The average molecular weight is 231 g/mol. The third-order valence-corrected chi connectivity index (χ3v) is 1.95. The SMILES string of the molecule is NCCS.OC(CS)C(O)CS. The predicted octanol–water partition coefficient (Wildman–Crippen LogP) is -0.557. The molecule has 0 aromatic rings. The van der Waals surface area contributed by atoms with Crippen LogP contribution in [0, 0.1) is 0 Å². The van der Waals surface area contributed by atoms with E-state index in [0.717, 1.165) is 5.75 Å². The first-order valence-electron chi connectivity index (χ1n) is 3.52. The maximum absolute atomic E-state index is 8.75. The molecule has 0 bridgehead atoms. The lowest BCUT2D eigenvalue weighted by Gasteiger charge is -2.11. The minimum absolute atomic E-state index is 0.279. The summed E-state index contributed by atoms with van der Waals surface area (Å²) >= 11 is 11.3. The van der Waals surface area contributed by atoms with Crippen LogP contribution in [0.4, 0.5) is 0 Å². The Morgan fingerprint density at radius 2 is 1.25 bits per heavy atom. The van der Waals surface area contributed by atoms with E-state index in [-0.39, 0.29) is 11.5 Å². The van der Waals surface area contributed by atoms with E-state index in [1.807, 2.05) is 0 Å². The smallest absolute Gasteiger partial charge is 0.0894 e. The van der Waals surface area contributed by atoms with Crippen LogP contribution in [0.2, 0.25) is 0 Å². The summed E-state index contributed by atoms with van der Waals surface area (Å²) < 4.78 is 0. The van der Waals surface area contributed by atoms with Crippen molar-refractivity contribution in [1.29, 1.82) is 0 Å². The van der Waals surface area contributed by atoms with Gasteiger partial charge in [-0.3, -0.25) is 0 Å². The summed E-state index contributed by atoms with van der Waals surface area (Å²) in [5, 5.41) is 17.5. The van der Waals surface area contributed by atoms with E-state index in [4.69, 9.17) is 15.9 Å². The molecule has 0 spiro atoms. The van der Waals surface area contributed by atoms with E-state index in [2.05, 4.69) is 37.9 Å². The van der Waals surface area contributed by atoms with Crippen LogP contribution in [0.5, 0.6) is 0 Å². The van der Waals surface area contributed by atoms with Gasteiger partial charge in [-0.25, -0.2) is 0 Å². The van der Waals surface area contributed by atoms with Crippen LogP contribution < -0.4 is 5.73 Å². The zero-order valence-corrected chi connectivity index (χ0v) is 9.48. The Hall–Kier alpha value is 0.930. The van der Waals surface area contributed by atoms with Crippen molar-refractivity contribution in [3.8, 4) is 0 Å². The van der Waals surface area contributed by atoms with Crippen molar-refractivity contribution in [1.82, 2.24) is 0 Å². The third kappa shape index (κ3) is 10.9. The Morgan fingerprint density at radius 3 is 1.33 bits per heavy atom. The predicted molar refractivity (Wildman–Crippen MR) is 62.6 cm³/mol. The van der Waals surface area contributed by atoms with E-state index >= 15 is 0 Å². The summed E-state index contributed by atoms with van der Waals surface area (Å²) in [5.74, 6) is 1.35. The number of aliphatic hydroxyl groups excluding tert-OH is 2. The molecule has 0 aliphatic heterocycles. The maximum atomic E-state index is 8.75. The highest BCUT2D eigenvalue weighted by Crippen LogP contribution is 1.96. The number of aliphatic hydroxyl groups is 2. The second-order valence-electron chi connectivity index (χ2n) is 2.01. The second kappa shape index (κ2) is 11.9. The van der Waals surface area contributed by atoms with Crippen molar-refractivity contribution in [2.45, 2.75) is 12.2 Å². The van der Waals surface area contributed by atoms with Crippen molar-refractivity contribution in [2.24, 2.45) is 5.73 Å². The first-order chi connectivity index (χ1) is 5.63. The quantitative estimate of drug-likeness (QED) is 0.368. The lowest BCUT2D eigenvalue weighted by molar-refractivity contribution is 0.0504. The molecule has 0 aliphatic rings. The van der Waals surface area contributed by atoms with Crippen LogP contribution in [0.25, 0.3) is 0 Å². The van der Waals surface area contributed by atoms with Crippen LogP contribution in [0.15, 0.2) is 0 Å². The number of thiol groups is 3. The van der Waals surface area contributed by atoms with Gasteiger partial charge in [-0.2, -0.15) is 37.9 Å². The molecule has 0 saturated heterocycles. The standard InChI is InChI=1S/C4H10O2S2.C2H7NS/c5-3(1-7)4(6)2-8;3-1-2-4/h3-8H,1-2H2;4H,1-3H2. The van der Waals surface area contributed by atoms with Crippen LogP contribution in [0.1, 0.15) is 0 Å². The molecule has 2 atom stereocenters. The molecule has 3 nitrogen and oxygen atoms in total. The van der Waals surface area contributed by atoms with Crippen LogP contribution in [0.3, 0.4) is 0 Å². The molecule has 0 radical (unpaired) electrons. The van der Waals surface area contributed by atoms with E-state index in [0.29, 0.717) is 6.54 Å². The van der Waals surface area contributed by atoms with E-state index in [1.54, 1.807) is 0 Å². The molecule has 0 rings (SSSR count). The van der Waals surface area contributed by atoms with Gasteiger partial charge in [-0.15, -0.1) is 0 Å². The van der Waals surface area contributed by atoms with Crippen molar-refractivity contribution < 1.29 is 10.2 Å². The fraction of sp³-hybridized carbons (Fsp3) is 1.00. The highest BCUT2D eigenvalue weighted by Gasteiger charge is 2.10. The first kappa shape index (κ1) is 15.4. The van der Waals surface area contributed by atoms with Gasteiger partial charge in [0.2, 0.25) is 0 Å². The van der Waals surface area contributed by atoms with Gasteiger partial charge in [0, 0.05) is 23.8 Å². The summed E-state index contributed by atoms with van der Waals surface area (Å²) in [7, 11) is 0. The Kier molecular flexibility index (Phi) is 15.3. The topological polar surface area (TPSA) is 66.5 Å². The molecular formula is C6H17NO2S3. The Labute approximate surface area is 90.0 Å². The first-order valence-corrected chi connectivity index (χ1v) is 5.42. The van der Waals surface area contributed by atoms with E-state index in [1.165, 1.54) is 0 Å². The van der Waals surface area contributed by atoms with Crippen molar-refractivity contribution in [3.05, 3.63) is 0 Å². The number of hydrogen-bond acceptors (Lipinski definition) is 6. The summed E-state index contributed by atoms with van der Waals surface area (Å²) in [4.78, 5) is 0. The molecule has 76 valence electrons. The highest BCUT2D eigenvalue weighted by molar-refractivity contribution is 7.80. The van der Waals surface area contributed by atoms with E-state index in [9.17, 15) is 0 Å². The van der Waals surface area contributed by atoms with Crippen molar-refractivity contribution in [3.63, 3.8) is 0 Å². The fourth-order valence-electron chi connectivity index (χ4n) is 0.243. The van der Waals surface area contributed by atoms with Crippen LogP contribution in [-0.2, 0) is 0 Å². The normalized spacial score (nSPS) is 14.5. The summed E-state index contributed by atoms with van der Waals surface area (Å²) in [6, 6.07) is 0. The summed E-state index contributed by atoms with van der Waals surface area (Å²) in [6.45, 7) is 0.684. The lowest BCUT2D eigenvalue weighted by Crippen LogP contribution is -2.28. The third-order valence-electron chi connectivity index (χ3n) is 0.947. The van der Waals surface area contributed by atoms with Gasteiger partial charge < -0.3 is 15.9 Å². The molecule has 6 heteroatoms. The molecule has 12 heavy (non-hydrogen) atoms. The lowest BCUT2D eigenvalue weighted by atomic mass is 10.3. The van der Waals surface area contributed by atoms with Gasteiger partial charge in [0.1, 0.15) is 0 Å². The minimum atomic E-state index is -0.740. The largest absolute Gasteiger partial charge is 0.390 e.